The summed E-state index contributed by atoms with van der Waals surface area (Å²) in [6.07, 6.45) is 0. The Balaban J connectivity index is 2.25. The van der Waals surface area contributed by atoms with Gasteiger partial charge in [0.05, 0.1) is 12.6 Å². The summed E-state index contributed by atoms with van der Waals surface area (Å²) >= 11 is 3.50. The highest BCUT2D eigenvalue weighted by Gasteiger charge is 2.12. The van der Waals surface area contributed by atoms with Gasteiger partial charge in [0.1, 0.15) is 0 Å². The fourth-order valence-corrected chi connectivity index (χ4v) is 2.29. The molecule has 100 valence electrons. The first-order valence-corrected chi connectivity index (χ1v) is 7.10. The number of para-hydroxylation sites is 1. The summed E-state index contributed by atoms with van der Waals surface area (Å²) in [7, 11) is 0. The summed E-state index contributed by atoms with van der Waals surface area (Å²) in [5.41, 5.74) is 4.49. The van der Waals surface area contributed by atoms with Crippen LogP contribution in [0.2, 0.25) is 0 Å². The maximum atomic E-state index is 9.62. The number of benzene rings is 2. The van der Waals surface area contributed by atoms with E-state index in [4.69, 9.17) is 0 Å². The first-order valence-electron chi connectivity index (χ1n) is 6.31. The van der Waals surface area contributed by atoms with E-state index in [1.54, 1.807) is 0 Å². The lowest BCUT2D eigenvalue weighted by molar-refractivity contribution is 0.276. The summed E-state index contributed by atoms with van der Waals surface area (Å²) < 4.78 is 1.09. The minimum atomic E-state index is -0.0899. The summed E-state index contributed by atoms with van der Waals surface area (Å²) in [5.74, 6) is 0. The molecule has 0 fully saturated rings. The molecule has 0 aliphatic rings. The van der Waals surface area contributed by atoms with Crippen LogP contribution in [0, 0.1) is 13.8 Å². The Kier molecular flexibility index (Phi) is 4.61. The van der Waals surface area contributed by atoms with Crippen molar-refractivity contribution in [1.29, 1.82) is 0 Å². The molecular weight excluding hydrogens is 302 g/mol. The van der Waals surface area contributed by atoms with E-state index >= 15 is 0 Å². The molecule has 0 heterocycles. The van der Waals surface area contributed by atoms with Crippen LogP contribution in [0.3, 0.4) is 0 Å². The summed E-state index contributed by atoms with van der Waals surface area (Å²) in [4.78, 5) is 0. The standard InChI is InChI=1S/C16H18BrNO/c1-11-5-3-4-6-15(11)18-16(10-19)13-7-8-14(17)12(2)9-13/h3-9,16,18-19H,10H2,1-2H3. The number of aliphatic hydroxyl groups excluding tert-OH is 1. The maximum Gasteiger partial charge on any atom is 0.0745 e. The molecule has 0 aromatic heterocycles. The fraction of sp³-hybridized carbons (Fsp3) is 0.250. The Labute approximate surface area is 122 Å². The van der Waals surface area contributed by atoms with Crippen LogP contribution in [0.25, 0.3) is 0 Å². The van der Waals surface area contributed by atoms with Crippen molar-refractivity contribution in [1.82, 2.24) is 0 Å². The number of hydrogen-bond acceptors (Lipinski definition) is 2. The number of hydrogen-bond donors (Lipinski definition) is 2. The van der Waals surface area contributed by atoms with E-state index in [0.29, 0.717) is 0 Å². The van der Waals surface area contributed by atoms with Crippen LogP contribution >= 0.6 is 15.9 Å². The van der Waals surface area contributed by atoms with Gasteiger partial charge in [0.2, 0.25) is 0 Å². The molecule has 0 amide bonds. The summed E-state index contributed by atoms with van der Waals surface area (Å²) in [6, 6.07) is 14.2. The van der Waals surface area contributed by atoms with E-state index in [1.165, 1.54) is 11.1 Å². The second kappa shape index (κ2) is 6.22. The Morgan fingerprint density at radius 3 is 2.47 bits per heavy atom. The first-order chi connectivity index (χ1) is 9.11. The van der Waals surface area contributed by atoms with E-state index in [2.05, 4.69) is 47.2 Å². The topological polar surface area (TPSA) is 32.3 Å². The van der Waals surface area contributed by atoms with Gasteiger partial charge >= 0.3 is 0 Å². The number of rotatable bonds is 4. The van der Waals surface area contributed by atoms with Gasteiger partial charge in [-0.2, -0.15) is 0 Å². The number of anilines is 1. The van der Waals surface area contributed by atoms with Gasteiger partial charge in [0, 0.05) is 10.2 Å². The van der Waals surface area contributed by atoms with Gasteiger partial charge in [-0.15, -0.1) is 0 Å². The molecule has 2 aromatic carbocycles. The molecule has 0 saturated heterocycles. The summed E-state index contributed by atoms with van der Waals surface area (Å²) in [5, 5.41) is 13.0. The lowest BCUT2D eigenvalue weighted by atomic mass is 10.0. The van der Waals surface area contributed by atoms with Gasteiger partial charge in [0.15, 0.2) is 0 Å². The molecule has 0 spiro atoms. The van der Waals surface area contributed by atoms with Gasteiger partial charge in [0.25, 0.3) is 0 Å². The maximum absolute atomic E-state index is 9.62. The number of nitrogens with one attached hydrogen (secondary N) is 1. The number of halogens is 1. The summed E-state index contributed by atoms with van der Waals surface area (Å²) in [6.45, 7) is 4.18. The van der Waals surface area contributed by atoms with Crippen molar-refractivity contribution in [2.45, 2.75) is 19.9 Å². The van der Waals surface area contributed by atoms with Crippen LogP contribution < -0.4 is 5.32 Å². The third-order valence-electron chi connectivity index (χ3n) is 3.24. The van der Waals surface area contributed by atoms with Crippen molar-refractivity contribution in [2.75, 3.05) is 11.9 Å². The van der Waals surface area contributed by atoms with E-state index in [0.717, 1.165) is 15.7 Å². The first kappa shape index (κ1) is 14.1. The van der Waals surface area contributed by atoms with Gasteiger partial charge in [-0.1, -0.05) is 46.3 Å². The molecule has 1 atom stereocenters. The molecular formula is C16H18BrNO. The highest BCUT2D eigenvalue weighted by molar-refractivity contribution is 9.10. The Bertz CT molecular complexity index is 568. The highest BCUT2D eigenvalue weighted by atomic mass is 79.9. The normalized spacial score (nSPS) is 12.2. The molecule has 19 heavy (non-hydrogen) atoms. The Morgan fingerprint density at radius 2 is 1.84 bits per heavy atom. The quantitative estimate of drug-likeness (QED) is 0.884. The van der Waals surface area contributed by atoms with Crippen molar-refractivity contribution in [3.63, 3.8) is 0 Å². The van der Waals surface area contributed by atoms with E-state index in [9.17, 15) is 5.11 Å². The molecule has 2 N–H and O–H groups in total. The molecule has 0 saturated carbocycles. The second-order valence-electron chi connectivity index (χ2n) is 4.70. The molecule has 0 bridgehead atoms. The average molecular weight is 320 g/mol. The zero-order valence-electron chi connectivity index (χ0n) is 11.2. The van der Waals surface area contributed by atoms with Gasteiger partial charge < -0.3 is 10.4 Å². The minimum Gasteiger partial charge on any atom is -0.394 e. The van der Waals surface area contributed by atoms with Crippen LogP contribution in [0.5, 0.6) is 0 Å². The van der Waals surface area contributed by atoms with Crippen molar-refractivity contribution < 1.29 is 5.11 Å². The average Bonchev–Trinajstić information content (AvgIpc) is 2.41. The van der Waals surface area contributed by atoms with Gasteiger partial charge in [-0.3, -0.25) is 0 Å². The third kappa shape index (κ3) is 3.37. The van der Waals surface area contributed by atoms with Crippen LogP contribution in [0.4, 0.5) is 5.69 Å². The largest absolute Gasteiger partial charge is 0.394 e. The van der Waals surface area contributed by atoms with Crippen molar-refractivity contribution in [3.8, 4) is 0 Å². The highest BCUT2D eigenvalue weighted by Crippen LogP contribution is 2.25. The van der Waals surface area contributed by atoms with Gasteiger partial charge in [-0.25, -0.2) is 0 Å². The molecule has 1 unspecified atom stereocenters. The Morgan fingerprint density at radius 1 is 1.11 bits per heavy atom. The molecule has 0 aliphatic heterocycles. The number of aliphatic hydroxyl groups is 1. The third-order valence-corrected chi connectivity index (χ3v) is 4.13. The predicted octanol–water partition coefficient (Wildman–Crippen LogP) is 4.21. The molecule has 2 rings (SSSR count). The fourth-order valence-electron chi connectivity index (χ4n) is 2.04. The predicted molar refractivity (Wildman–Crippen MR) is 83.5 cm³/mol. The van der Waals surface area contributed by atoms with Crippen molar-refractivity contribution >= 4 is 21.6 Å². The molecule has 2 nitrogen and oxygen atoms in total. The SMILES string of the molecule is Cc1cc(C(CO)Nc2ccccc2C)ccc1Br. The van der Waals surface area contributed by atoms with Crippen LogP contribution in [0.15, 0.2) is 46.9 Å². The Hall–Kier alpha value is -1.32. The second-order valence-corrected chi connectivity index (χ2v) is 5.56. The van der Waals surface area contributed by atoms with Crippen LogP contribution in [0.1, 0.15) is 22.7 Å². The molecule has 2 aromatic rings. The van der Waals surface area contributed by atoms with Crippen molar-refractivity contribution in [2.24, 2.45) is 0 Å². The lowest BCUT2D eigenvalue weighted by Gasteiger charge is -2.20. The zero-order chi connectivity index (χ0) is 13.8. The molecule has 3 heteroatoms. The van der Waals surface area contributed by atoms with E-state index in [1.807, 2.05) is 30.3 Å². The lowest BCUT2D eigenvalue weighted by Crippen LogP contribution is -2.15. The van der Waals surface area contributed by atoms with E-state index in [-0.39, 0.29) is 12.6 Å². The van der Waals surface area contributed by atoms with Crippen LogP contribution in [-0.4, -0.2) is 11.7 Å². The smallest absolute Gasteiger partial charge is 0.0745 e. The minimum absolute atomic E-state index is 0.0649. The van der Waals surface area contributed by atoms with Gasteiger partial charge in [-0.05, 0) is 42.7 Å². The molecule has 0 radical (unpaired) electrons. The zero-order valence-corrected chi connectivity index (χ0v) is 12.7. The monoisotopic (exact) mass is 319 g/mol. The van der Waals surface area contributed by atoms with Crippen LogP contribution in [-0.2, 0) is 0 Å². The molecule has 0 aliphatic carbocycles. The van der Waals surface area contributed by atoms with E-state index < -0.39 is 0 Å². The number of aryl methyl sites for hydroxylation is 2. The van der Waals surface area contributed by atoms with Crippen molar-refractivity contribution in [3.05, 3.63) is 63.6 Å².